The van der Waals surface area contributed by atoms with Gasteiger partial charge in [0.15, 0.2) is 0 Å². The fourth-order valence-electron chi connectivity index (χ4n) is 1.92. The molecule has 1 aliphatic carbocycles. The van der Waals surface area contributed by atoms with E-state index < -0.39 is 0 Å². The molecule has 0 aromatic heterocycles. The Hall–Kier alpha value is -0.570. The van der Waals surface area contributed by atoms with Crippen molar-refractivity contribution in [1.82, 2.24) is 10.6 Å². The van der Waals surface area contributed by atoms with Gasteiger partial charge in [0.2, 0.25) is 5.91 Å². The van der Waals surface area contributed by atoms with Crippen molar-refractivity contribution in [3.8, 4) is 0 Å². The molecule has 0 atom stereocenters. The first kappa shape index (κ1) is 14.5. The smallest absolute Gasteiger partial charge is 0.220 e. The number of amides is 1. The zero-order valence-corrected chi connectivity index (χ0v) is 11.3. The Morgan fingerprint density at radius 2 is 1.76 bits per heavy atom. The van der Waals surface area contributed by atoms with Crippen molar-refractivity contribution >= 4 is 5.91 Å². The fraction of sp³-hybridized carbons (Fsp3) is 0.929. The van der Waals surface area contributed by atoms with Gasteiger partial charge in [-0.05, 0) is 19.3 Å². The Kier molecular flexibility index (Phi) is 8.06. The zero-order chi connectivity index (χ0) is 12.3. The fourth-order valence-corrected chi connectivity index (χ4v) is 1.92. The van der Waals surface area contributed by atoms with Crippen molar-refractivity contribution in [2.24, 2.45) is 0 Å². The molecule has 0 bridgehead atoms. The second-order valence-corrected chi connectivity index (χ2v) is 5.10. The third-order valence-corrected chi connectivity index (χ3v) is 3.21. The highest BCUT2D eigenvalue weighted by Crippen LogP contribution is 2.17. The molecule has 3 heteroatoms. The molecule has 1 aliphatic rings. The normalized spacial score (nSPS) is 14.9. The van der Waals surface area contributed by atoms with Crippen LogP contribution in [0.3, 0.4) is 0 Å². The molecule has 0 saturated heterocycles. The lowest BCUT2D eigenvalue weighted by atomic mass is 10.1. The molecular weight excluding hydrogens is 212 g/mol. The first-order valence-electron chi connectivity index (χ1n) is 7.33. The summed E-state index contributed by atoms with van der Waals surface area (Å²) in [6, 6.07) is 0.741. The van der Waals surface area contributed by atoms with Crippen molar-refractivity contribution in [3.63, 3.8) is 0 Å². The van der Waals surface area contributed by atoms with Gasteiger partial charge < -0.3 is 10.6 Å². The van der Waals surface area contributed by atoms with E-state index in [9.17, 15) is 4.79 Å². The van der Waals surface area contributed by atoms with E-state index in [1.54, 1.807) is 0 Å². The Morgan fingerprint density at radius 3 is 2.47 bits per heavy atom. The van der Waals surface area contributed by atoms with Gasteiger partial charge in [0.25, 0.3) is 0 Å². The number of nitrogens with one attached hydrogen (secondary N) is 2. The lowest BCUT2D eigenvalue weighted by molar-refractivity contribution is -0.121. The summed E-state index contributed by atoms with van der Waals surface area (Å²) in [7, 11) is 0. The van der Waals surface area contributed by atoms with Crippen LogP contribution in [0.15, 0.2) is 0 Å². The van der Waals surface area contributed by atoms with E-state index in [4.69, 9.17) is 0 Å². The number of unbranched alkanes of at least 4 members (excludes halogenated alkanes) is 5. The SMILES string of the molecule is CCCCCCCCC(=O)NCCNC1CC1. The number of carbonyl (C=O) groups is 1. The minimum atomic E-state index is 0.220. The van der Waals surface area contributed by atoms with Gasteiger partial charge in [-0.15, -0.1) is 0 Å². The van der Waals surface area contributed by atoms with E-state index in [-0.39, 0.29) is 5.91 Å². The Labute approximate surface area is 106 Å². The van der Waals surface area contributed by atoms with Gasteiger partial charge in [0.05, 0.1) is 0 Å². The first-order valence-corrected chi connectivity index (χ1v) is 7.33. The second kappa shape index (κ2) is 9.46. The lowest BCUT2D eigenvalue weighted by Crippen LogP contribution is -2.32. The molecule has 17 heavy (non-hydrogen) atoms. The van der Waals surface area contributed by atoms with E-state index >= 15 is 0 Å². The summed E-state index contributed by atoms with van der Waals surface area (Å²) in [6.07, 6.45) is 10.8. The predicted octanol–water partition coefficient (Wildman–Crippen LogP) is 2.61. The molecular formula is C14H28N2O. The molecule has 1 amide bonds. The van der Waals surface area contributed by atoms with Crippen molar-refractivity contribution in [2.75, 3.05) is 13.1 Å². The standard InChI is InChI=1S/C14H28N2O/c1-2-3-4-5-6-7-8-14(17)16-12-11-15-13-9-10-13/h13,15H,2-12H2,1H3,(H,16,17). The van der Waals surface area contributed by atoms with Crippen LogP contribution in [-0.2, 0) is 4.79 Å². The summed E-state index contributed by atoms with van der Waals surface area (Å²) < 4.78 is 0. The molecule has 0 unspecified atom stereocenters. The van der Waals surface area contributed by atoms with Crippen molar-refractivity contribution < 1.29 is 4.79 Å². The Morgan fingerprint density at radius 1 is 1.06 bits per heavy atom. The highest BCUT2D eigenvalue weighted by molar-refractivity contribution is 5.75. The van der Waals surface area contributed by atoms with Crippen LogP contribution in [0.4, 0.5) is 0 Å². The number of carbonyl (C=O) groups excluding carboxylic acids is 1. The summed E-state index contributed by atoms with van der Waals surface area (Å²) in [5, 5.41) is 6.35. The number of hydrogen-bond donors (Lipinski definition) is 2. The molecule has 0 aliphatic heterocycles. The first-order chi connectivity index (χ1) is 8.33. The minimum Gasteiger partial charge on any atom is -0.355 e. The molecule has 3 nitrogen and oxygen atoms in total. The van der Waals surface area contributed by atoms with Crippen LogP contribution in [0, 0.1) is 0 Å². The quantitative estimate of drug-likeness (QED) is 0.545. The third-order valence-electron chi connectivity index (χ3n) is 3.21. The molecule has 100 valence electrons. The largest absolute Gasteiger partial charge is 0.355 e. The minimum absolute atomic E-state index is 0.220. The monoisotopic (exact) mass is 240 g/mol. The molecule has 0 aromatic carbocycles. The van der Waals surface area contributed by atoms with Crippen LogP contribution in [-0.4, -0.2) is 25.0 Å². The zero-order valence-electron chi connectivity index (χ0n) is 11.3. The summed E-state index contributed by atoms with van der Waals surface area (Å²) in [5.74, 6) is 0.220. The van der Waals surface area contributed by atoms with Gasteiger partial charge >= 0.3 is 0 Å². The highest BCUT2D eigenvalue weighted by atomic mass is 16.1. The van der Waals surface area contributed by atoms with E-state index in [1.165, 1.54) is 44.9 Å². The second-order valence-electron chi connectivity index (χ2n) is 5.10. The van der Waals surface area contributed by atoms with Gasteiger partial charge in [-0.2, -0.15) is 0 Å². The molecule has 0 spiro atoms. The van der Waals surface area contributed by atoms with Gasteiger partial charge in [0, 0.05) is 25.6 Å². The lowest BCUT2D eigenvalue weighted by Gasteiger charge is -2.06. The average molecular weight is 240 g/mol. The maximum Gasteiger partial charge on any atom is 0.220 e. The number of hydrogen-bond acceptors (Lipinski definition) is 2. The summed E-state index contributed by atoms with van der Waals surface area (Å²) >= 11 is 0. The van der Waals surface area contributed by atoms with Gasteiger partial charge in [-0.25, -0.2) is 0 Å². The van der Waals surface area contributed by atoms with Crippen LogP contribution in [0.5, 0.6) is 0 Å². The van der Waals surface area contributed by atoms with Crippen LogP contribution in [0.2, 0.25) is 0 Å². The number of rotatable bonds is 11. The van der Waals surface area contributed by atoms with Crippen LogP contribution >= 0.6 is 0 Å². The van der Waals surface area contributed by atoms with Crippen molar-refractivity contribution in [2.45, 2.75) is 70.8 Å². The Balaban J connectivity index is 1.76. The maximum atomic E-state index is 11.5. The summed E-state index contributed by atoms with van der Waals surface area (Å²) in [5.41, 5.74) is 0. The van der Waals surface area contributed by atoms with Gasteiger partial charge in [-0.3, -0.25) is 4.79 Å². The summed E-state index contributed by atoms with van der Waals surface area (Å²) in [6.45, 7) is 3.93. The predicted molar refractivity (Wildman–Crippen MR) is 72.0 cm³/mol. The molecule has 0 heterocycles. The van der Waals surface area contributed by atoms with E-state index in [1.807, 2.05) is 0 Å². The third kappa shape index (κ3) is 9.16. The maximum absolute atomic E-state index is 11.5. The highest BCUT2D eigenvalue weighted by Gasteiger charge is 2.19. The van der Waals surface area contributed by atoms with Gasteiger partial charge in [-0.1, -0.05) is 39.0 Å². The van der Waals surface area contributed by atoms with E-state index in [2.05, 4.69) is 17.6 Å². The molecule has 2 N–H and O–H groups in total. The molecule has 1 rings (SSSR count). The van der Waals surface area contributed by atoms with Crippen LogP contribution in [0.1, 0.15) is 64.7 Å². The Bertz CT molecular complexity index is 202. The molecule has 0 radical (unpaired) electrons. The summed E-state index contributed by atoms with van der Waals surface area (Å²) in [4.78, 5) is 11.5. The van der Waals surface area contributed by atoms with E-state index in [0.717, 1.165) is 25.6 Å². The van der Waals surface area contributed by atoms with Crippen LogP contribution in [0.25, 0.3) is 0 Å². The average Bonchev–Trinajstić information content (AvgIpc) is 3.13. The molecule has 1 fully saturated rings. The van der Waals surface area contributed by atoms with E-state index in [0.29, 0.717) is 6.42 Å². The van der Waals surface area contributed by atoms with Crippen molar-refractivity contribution in [3.05, 3.63) is 0 Å². The van der Waals surface area contributed by atoms with Gasteiger partial charge in [0.1, 0.15) is 0 Å². The van der Waals surface area contributed by atoms with Crippen LogP contribution < -0.4 is 10.6 Å². The molecule has 1 saturated carbocycles. The topological polar surface area (TPSA) is 41.1 Å². The van der Waals surface area contributed by atoms with Crippen molar-refractivity contribution in [1.29, 1.82) is 0 Å². The molecule has 0 aromatic rings.